The highest BCUT2D eigenvalue weighted by molar-refractivity contribution is 5.94. The van der Waals surface area contributed by atoms with Gasteiger partial charge in [0.25, 0.3) is 5.91 Å². The maximum Gasteiger partial charge on any atom is 0.251 e. The smallest absolute Gasteiger partial charge is 0.251 e. The van der Waals surface area contributed by atoms with Crippen LogP contribution in [0.25, 0.3) is 0 Å². The number of hydrogen-bond donors (Lipinski definition) is 3. The molecule has 1 aromatic carbocycles. The summed E-state index contributed by atoms with van der Waals surface area (Å²) in [5, 5.41) is 2.77. The predicted molar refractivity (Wildman–Crippen MR) is 76.1 cm³/mol. The number of nitrogens with two attached hydrogens (primary N) is 1. The number of rotatable bonds is 4. The fourth-order valence-corrected chi connectivity index (χ4v) is 1.84. The van der Waals surface area contributed by atoms with Gasteiger partial charge in [0.15, 0.2) is 0 Å². The van der Waals surface area contributed by atoms with Crippen molar-refractivity contribution in [2.24, 2.45) is 5.84 Å². The molecule has 1 heterocycles. The summed E-state index contributed by atoms with van der Waals surface area (Å²) in [5.41, 5.74) is 5.68. The van der Waals surface area contributed by atoms with E-state index < -0.39 is 0 Å². The zero-order chi connectivity index (χ0) is 14.7. The molecule has 0 saturated heterocycles. The lowest BCUT2D eigenvalue weighted by Gasteiger charge is -2.07. The van der Waals surface area contributed by atoms with Crippen molar-refractivity contribution >= 4 is 11.6 Å². The van der Waals surface area contributed by atoms with Crippen molar-refractivity contribution in [1.29, 1.82) is 0 Å². The van der Waals surface area contributed by atoms with Gasteiger partial charge < -0.3 is 15.2 Å². The fraction of sp³-hybridized carbons (Fsp3) is 0.286. The third kappa shape index (κ3) is 2.97. The summed E-state index contributed by atoms with van der Waals surface area (Å²) < 4.78 is 5.41. The first-order chi connectivity index (χ1) is 9.51. The van der Waals surface area contributed by atoms with Crippen LogP contribution in [-0.2, 0) is 6.54 Å². The molecule has 0 bridgehead atoms. The van der Waals surface area contributed by atoms with E-state index >= 15 is 0 Å². The van der Waals surface area contributed by atoms with Crippen molar-refractivity contribution in [3.8, 4) is 0 Å². The van der Waals surface area contributed by atoms with Crippen molar-refractivity contribution in [2.45, 2.75) is 27.3 Å². The zero-order valence-corrected chi connectivity index (χ0v) is 11.8. The molecule has 0 saturated carbocycles. The Bertz CT molecular complexity index is 615. The first-order valence-electron chi connectivity index (χ1n) is 6.29. The summed E-state index contributed by atoms with van der Waals surface area (Å²) in [5.74, 6) is 6.45. The maximum atomic E-state index is 12.0. The summed E-state index contributed by atoms with van der Waals surface area (Å²) in [6.45, 7) is 5.86. The van der Waals surface area contributed by atoms with E-state index in [1.54, 1.807) is 18.2 Å². The molecule has 6 heteroatoms. The van der Waals surface area contributed by atoms with Gasteiger partial charge >= 0.3 is 0 Å². The molecule has 0 atom stereocenters. The zero-order valence-electron chi connectivity index (χ0n) is 11.8. The number of carbonyl (C=O) groups excluding carboxylic acids is 1. The van der Waals surface area contributed by atoms with Crippen LogP contribution in [0.4, 0.5) is 5.69 Å². The topological polar surface area (TPSA) is 93.2 Å². The average molecular weight is 274 g/mol. The molecule has 106 valence electrons. The highest BCUT2D eigenvalue weighted by atomic mass is 16.4. The third-order valence-corrected chi connectivity index (χ3v) is 3.12. The number of amides is 1. The molecule has 0 unspecified atom stereocenters. The first kappa shape index (κ1) is 14.1. The van der Waals surface area contributed by atoms with Crippen molar-refractivity contribution in [3.63, 3.8) is 0 Å². The molecule has 1 aromatic heterocycles. The SMILES string of the molecule is Cc1cc(C(=O)NCc2nc(C)c(C)o2)ccc1NN. The van der Waals surface area contributed by atoms with E-state index in [9.17, 15) is 4.79 Å². The molecule has 0 aliphatic rings. The lowest BCUT2D eigenvalue weighted by Crippen LogP contribution is -2.23. The molecule has 2 aromatic rings. The second-order valence-corrected chi connectivity index (χ2v) is 4.61. The minimum atomic E-state index is -0.176. The van der Waals surface area contributed by atoms with Gasteiger partial charge in [0.2, 0.25) is 5.89 Å². The van der Waals surface area contributed by atoms with Crippen molar-refractivity contribution in [2.75, 3.05) is 5.43 Å². The summed E-state index contributed by atoms with van der Waals surface area (Å²) in [6.07, 6.45) is 0. The number of carbonyl (C=O) groups is 1. The quantitative estimate of drug-likeness (QED) is 0.584. The normalized spacial score (nSPS) is 10.4. The molecular weight excluding hydrogens is 256 g/mol. The number of aryl methyl sites for hydroxylation is 3. The summed E-state index contributed by atoms with van der Waals surface area (Å²) in [6, 6.07) is 5.25. The van der Waals surface area contributed by atoms with Crippen LogP contribution < -0.4 is 16.6 Å². The summed E-state index contributed by atoms with van der Waals surface area (Å²) in [7, 11) is 0. The lowest BCUT2D eigenvalue weighted by molar-refractivity contribution is 0.0947. The molecule has 0 aliphatic carbocycles. The maximum absolute atomic E-state index is 12.0. The van der Waals surface area contributed by atoms with Crippen LogP contribution in [0.3, 0.4) is 0 Å². The van der Waals surface area contributed by atoms with Crippen LogP contribution in [0.2, 0.25) is 0 Å². The molecule has 6 nitrogen and oxygen atoms in total. The Kier molecular flexibility index (Phi) is 4.05. The van der Waals surface area contributed by atoms with Crippen LogP contribution in [-0.4, -0.2) is 10.9 Å². The predicted octanol–water partition coefficient (Wildman–Crippen LogP) is 1.82. The van der Waals surface area contributed by atoms with Gasteiger partial charge in [0.05, 0.1) is 17.9 Å². The van der Waals surface area contributed by atoms with E-state index in [1.807, 2.05) is 20.8 Å². The molecule has 20 heavy (non-hydrogen) atoms. The highest BCUT2D eigenvalue weighted by Gasteiger charge is 2.10. The molecule has 0 aliphatic heterocycles. The van der Waals surface area contributed by atoms with E-state index in [4.69, 9.17) is 10.3 Å². The van der Waals surface area contributed by atoms with Crippen LogP contribution in [0.1, 0.15) is 33.3 Å². The number of benzene rings is 1. The average Bonchev–Trinajstić information content (AvgIpc) is 2.75. The van der Waals surface area contributed by atoms with Gasteiger partial charge in [0, 0.05) is 5.56 Å². The number of anilines is 1. The van der Waals surface area contributed by atoms with Crippen LogP contribution in [0, 0.1) is 20.8 Å². The second-order valence-electron chi connectivity index (χ2n) is 4.61. The monoisotopic (exact) mass is 274 g/mol. The standard InChI is InChI=1S/C14H18N4O2/c1-8-6-11(4-5-12(8)18-15)14(19)16-7-13-17-9(2)10(3)20-13/h4-6,18H,7,15H2,1-3H3,(H,16,19). The number of hydrazine groups is 1. The van der Waals surface area contributed by atoms with Crippen LogP contribution in [0.5, 0.6) is 0 Å². The first-order valence-corrected chi connectivity index (χ1v) is 6.29. The number of hydrogen-bond acceptors (Lipinski definition) is 5. The van der Waals surface area contributed by atoms with Gasteiger partial charge in [-0.25, -0.2) is 4.98 Å². The minimum absolute atomic E-state index is 0.176. The molecule has 0 radical (unpaired) electrons. The Balaban J connectivity index is 2.03. The van der Waals surface area contributed by atoms with Gasteiger partial charge in [-0.15, -0.1) is 0 Å². The Morgan fingerprint density at radius 3 is 2.65 bits per heavy atom. The van der Waals surface area contributed by atoms with Gasteiger partial charge in [-0.3, -0.25) is 10.6 Å². The fourth-order valence-electron chi connectivity index (χ4n) is 1.84. The molecule has 2 rings (SSSR count). The van der Waals surface area contributed by atoms with Crippen molar-refractivity contribution < 1.29 is 9.21 Å². The molecule has 1 amide bonds. The number of aromatic nitrogens is 1. The third-order valence-electron chi connectivity index (χ3n) is 3.12. The van der Waals surface area contributed by atoms with Crippen LogP contribution in [0.15, 0.2) is 22.6 Å². The lowest BCUT2D eigenvalue weighted by atomic mass is 10.1. The molecule has 0 fully saturated rings. The van der Waals surface area contributed by atoms with E-state index in [2.05, 4.69) is 15.7 Å². The minimum Gasteiger partial charge on any atom is -0.444 e. The van der Waals surface area contributed by atoms with Gasteiger partial charge in [-0.2, -0.15) is 0 Å². The Hall–Kier alpha value is -2.34. The van der Waals surface area contributed by atoms with E-state index in [1.165, 1.54) is 0 Å². The summed E-state index contributed by atoms with van der Waals surface area (Å²) in [4.78, 5) is 16.2. The van der Waals surface area contributed by atoms with Crippen LogP contribution >= 0.6 is 0 Å². The van der Waals surface area contributed by atoms with Gasteiger partial charge in [-0.05, 0) is 44.5 Å². The Labute approximate surface area is 117 Å². The number of nitrogens with one attached hydrogen (secondary N) is 2. The largest absolute Gasteiger partial charge is 0.444 e. The molecular formula is C14H18N4O2. The van der Waals surface area contributed by atoms with Gasteiger partial charge in [-0.1, -0.05) is 0 Å². The Morgan fingerprint density at radius 1 is 1.35 bits per heavy atom. The van der Waals surface area contributed by atoms with E-state index in [-0.39, 0.29) is 12.5 Å². The van der Waals surface area contributed by atoms with E-state index in [0.717, 1.165) is 22.7 Å². The Morgan fingerprint density at radius 2 is 2.10 bits per heavy atom. The molecule has 0 spiro atoms. The summed E-state index contributed by atoms with van der Waals surface area (Å²) >= 11 is 0. The van der Waals surface area contributed by atoms with Crippen molar-refractivity contribution in [3.05, 3.63) is 46.7 Å². The van der Waals surface area contributed by atoms with Gasteiger partial charge in [0.1, 0.15) is 5.76 Å². The molecule has 4 N–H and O–H groups in total. The highest BCUT2D eigenvalue weighted by Crippen LogP contribution is 2.15. The second kappa shape index (κ2) is 5.75. The number of oxazole rings is 1. The number of nitrogen functional groups attached to an aromatic ring is 1. The number of nitrogens with zero attached hydrogens (tertiary/aromatic N) is 1. The van der Waals surface area contributed by atoms with Crippen molar-refractivity contribution in [1.82, 2.24) is 10.3 Å². The van der Waals surface area contributed by atoms with E-state index in [0.29, 0.717) is 11.5 Å².